The van der Waals surface area contributed by atoms with Gasteiger partial charge in [-0.25, -0.2) is 9.38 Å². The van der Waals surface area contributed by atoms with E-state index in [1.165, 1.54) is 35.9 Å². The van der Waals surface area contributed by atoms with Gasteiger partial charge in [0.05, 0.1) is 28.4 Å². The Labute approximate surface area is 262 Å². The summed E-state index contributed by atoms with van der Waals surface area (Å²) in [5, 5.41) is 1.86. The number of nitrogens with zero attached hydrogens (tertiary/aromatic N) is 2. The van der Waals surface area contributed by atoms with Crippen LogP contribution in [0.2, 0.25) is 15.1 Å². The SMILES string of the molecule is COc1cc(/C=C2/SC(=Nc3ccc(C)c(Cl)c3)N(c3ccc(C)c(Cl)c3)C2=O)cc(Cl)c1OCc1ccc(F)cc1. The summed E-state index contributed by atoms with van der Waals surface area (Å²) in [6.07, 6.45) is 1.72. The molecule has 0 bridgehead atoms. The van der Waals surface area contributed by atoms with Gasteiger partial charge in [-0.15, -0.1) is 0 Å². The lowest BCUT2D eigenvalue weighted by Crippen LogP contribution is -2.28. The molecule has 214 valence electrons. The van der Waals surface area contributed by atoms with Crippen LogP contribution in [-0.2, 0) is 11.4 Å². The molecule has 1 saturated heterocycles. The van der Waals surface area contributed by atoms with E-state index in [1.54, 1.807) is 42.5 Å². The Bertz CT molecular complexity index is 1740. The number of aryl methyl sites for hydroxylation is 2. The number of methoxy groups -OCH3 is 1. The standard InChI is InChI=1S/C32H24Cl3FN2O3S/c1-18-4-10-23(15-25(18)33)37-32-38(24-11-5-19(2)26(34)16-24)31(39)29(42-32)14-21-12-27(35)30(28(13-21)40-3)41-17-20-6-8-22(36)9-7-20/h4-16H,17H2,1-3H3/b29-14+,37-32?. The molecule has 4 aromatic rings. The zero-order valence-electron chi connectivity index (χ0n) is 22.8. The van der Waals surface area contributed by atoms with Crippen molar-refractivity contribution in [3.8, 4) is 11.5 Å². The number of ether oxygens (including phenoxy) is 2. The van der Waals surface area contributed by atoms with Crippen LogP contribution in [0.3, 0.4) is 0 Å². The third-order valence-electron chi connectivity index (χ3n) is 6.45. The van der Waals surface area contributed by atoms with Crippen LogP contribution in [-0.4, -0.2) is 18.2 Å². The van der Waals surface area contributed by atoms with Crippen molar-refractivity contribution >= 4 is 75.1 Å². The summed E-state index contributed by atoms with van der Waals surface area (Å²) in [5.41, 5.74) is 4.41. The van der Waals surface area contributed by atoms with Crippen molar-refractivity contribution in [3.63, 3.8) is 0 Å². The second-order valence-corrected chi connectivity index (χ2v) is 11.7. The highest BCUT2D eigenvalue weighted by Crippen LogP contribution is 2.41. The number of carbonyl (C=O) groups is 1. The minimum Gasteiger partial charge on any atom is -0.493 e. The number of carbonyl (C=O) groups excluding carboxylic acids is 1. The maximum Gasteiger partial charge on any atom is 0.271 e. The van der Waals surface area contributed by atoms with Crippen LogP contribution in [0.5, 0.6) is 11.5 Å². The van der Waals surface area contributed by atoms with Crippen molar-refractivity contribution < 1.29 is 18.7 Å². The number of aliphatic imine (C=N–C) groups is 1. The molecule has 1 amide bonds. The largest absolute Gasteiger partial charge is 0.493 e. The molecule has 0 radical (unpaired) electrons. The van der Waals surface area contributed by atoms with E-state index in [2.05, 4.69) is 0 Å². The fourth-order valence-electron chi connectivity index (χ4n) is 4.11. The molecule has 1 aliphatic heterocycles. The number of thioether (sulfide) groups is 1. The Hall–Kier alpha value is -3.49. The fourth-order valence-corrected chi connectivity index (χ4v) is 5.73. The molecule has 1 fully saturated rings. The van der Waals surface area contributed by atoms with Crippen LogP contribution in [0.15, 0.2) is 82.7 Å². The lowest BCUT2D eigenvalue weighted by molar-refractivity contribution is -0.113. The third-order valence-corrected chi connectivity index (χ3v) is 8.51. The first kappa shape index (κ1) is 30.0. The number of rotatable bonds is 7. The van der Waals surface area contributed by atoms with Crippen molar-refractivity contribution in [2.24, 2.45) is 4.99 Å². The summed E-state index contributed by atoms with van der Waals surface area (Å²) in [6, 6.07) is 20.3. The van der Waals surface area contributed by atoms with Crippen LogP contribution >= 0.6 is 46.6 Å². The van der Waals surface area contributed by atoms with Crippen molar-refractivity contribution in [3.05, 3.63) is 121 Å². The lowest BCUT2D eigenvalue weighted by Gasteiger charge is -2.16. The first-order chi connectivity index (χ1) is 20.1. The first-order valence-corrected chi connectivity index (χ1v) is 14.7. The molecule has 0 aliphatic carbocycles. The predicted molar refractivity (Wildman–Crippen MR) is 171 cm³/mol. The van der Waals surface area contributed by atoms with Crippen LogP contribution in [0.25, 0.3) is 6.08 Å². The Morgan fingerprint density at radius 2 is 1.60 bits per heavy atom. The molecule has 1 aliphatic rings. The number of halogens is 4. The van der Waals surface area contributed by atoms with Gasteiger partial charge >= 0.3 is 0 Å². The maximum atomic E-state index is 13.8. The number of amidine groups is 1. The molecule has 0 unspecified atom stereocenters. The van der Waals surface area contributed by atoms with E-state index in [1.807, 2.05) is 38.1 Å². The van der Waals surface area contributed by atoms with Gasteiger partial charge in [0.1, 0.15) is 12.4 Å². The lowest BCUT2D eigenvalue weighted by atomic mass is 10.1. The van der Waals surface area contributed by atoms with Crippen molar-refractivity contribution in [2.75, 3.05) is 12.0 Å². The van der Waals surface area contributed by atoms with Gasteiger partial charge in [0.25, 0.3) is 5.91 Å². The summed E-state index contributed by atoms with van der Waals surface area (Å²) in [7, 11) is 1.50. The van der Waals surface area contributed by atoms with E-state index in [9.17, 15) is 9.18 Å². The van der Waals surface area contributed by atoms with Gasteiger partial charge < -0.3 is 9.47 Å². The normalized spacial score (nSPS) is 15.1. The Morgan fingerprint density at radius 3 is 2.26 bits per heavy atom. The molecule has 1 heterocycles. The number of benzene rings is 4. The van der Waals surface area contributed by atoms with E-state index in [4.69, 9.17) is 49.3 Å². The molecule has 4 aromatic carbocycles. The summed E-state index contributed by atoms with van der Waals surface area (Å²) >= 11 is 20.6. The zero-order chi connectivity index (χ0) is 30.0. The third kappa shape index (κ3) is 6.60. The van der Waals surface area contributed by atoms with E-state index in [-0.39, 0.29) is 18.3 Å². The Balaban J connectivity index is 1.49. The maximum absolute atomic E-state index is 13.8. The van der Waals surface area contributed by atoms with Gasteiger partial charge in [-0.1, -0.05) is 59.1 Å². The highest BCUT2D eigenvalue weighted by molar-refractivity contribution is 8.19. The molecule has 0 saturated carbocycles. The number of amides is 1. The molecule has 5 nitrogen and oxygen atoms in total. The predicted octanol–water partition coefficient (Wildman–Crippen LogP) is 9.80. The van der Waals surface area contributed by atoms with Crippen LogP contribution in [0, 0.1) is 19.7 Å². The second-order valence-electron chi connectivity index (χ2n) is 9.46. The average Bonchev–Trinajstić information content (AvgIpc) is 3.26. The summed E-state index contributed by atoms with van der Waals surface area (Å²) < 4.78 is 24.7. The van der Waals surface area contributed by atoms with Gasteiger partial charge in [-0.2, -0.15) is 0 Å². The highest BCUT2D eigenvalue weighted by atomic mass is 35.5. The van der Waals surface area contributed by atoms with Crippen molar-refractivity contribution in [1.29, 1.82) is 0 Å². The molecular formula is C32H24Cl3FN2O3S. The van der Waals surface area contributed by atoms with E-state index >= 15 is 0 Å². The van der Waals surface area contributed by atoms with Crippen LogP contribution in [0.1, 0.15) is 22.3 Å². The zero-order valence-corrected chi connectivity index (χ0v) is 25.8. The van der Waals surface area contributed by atoms with Gasteiger partial charge in [0.15, 0.2) is 16.7 Å². The number of hydrogen-bond acceptors (Lipinski definition) is 5. The second kappa shape index (κ2) is 12.8. The Morgan fingerprint density at radius 1 is 0.905 bits per heavy atom. The monoisotopic (exact) mass is 640 g/mol. The van der Waals surface area contributed by atoms with Crippen molar-refractivity contribution in [1.82, 2.24) is 0 Å². The van der Waals surface area contributed by atoms with Crippen molar-refractivity contribution in [2.45, 2.75) is 20.5 Å². The van der Waals surface area contributed by atoms with Gasteiger partial charge in [0, 0.05) is 10.0 Å². The molecular weight excluding hydrogens is 618 g/mol. The van der Waals surface area contributed by atoms with Gasteiger partial charge in [0.2, 0.25) is 0 Å². The summed E-state index contributed by atoms with van der Waals surface area (Å²) in [6.45, 7) is 3.97. The quantitative estimate of drug-likeness (QED) is 0.189. The van der Waals surface area contributed by atoms with E-state index in [0.29, 0.717) is 53.6 Å². The smallest absolute Gasteiger partial charge is 0.271 e. The van der Waals surface area contributed by atoms with Crippen LogP contribution < -0.4 is 14.4 Å². The molecule has 10 heteroatoms. The van der Waals surface area contributed by atoms with E-state index < -0.39 is 0 Å². The highest BCUT2D eigenvalue weighted by Gasteiger charge is 2.35. The molecule has 0 N–H and O–H groups in total. The fraction of sp³-hybridized carbons (Fsp3) is 0.125. The minimum atomic E-state index is -0.328. The summed E-state index contributed by atoms with van der Waals surface area (Å²) in [4.78, 5) is 20.5. The topological polar surface area (TPSA) is 51.1 Å². The molecule has 0 spiro atoms. The number of hydrogen-bond donors (Lipinski definition) is 0. The molecule has 42 heavy (non-hydrogen) atoms. The molecule has 0 aromatic heterocycles. The van der Waals surface area contributed by atoms with E-state index in [0.717, 1.165) is 16.7 Å². The molecule has 0 atom stereocenters. The summed E-state index contributed by atoms with van der Waals surface area (Å²) in [5.74, 6) is 0.123. The first-order valence-electron chi connectivity index (χ1n) is 12.7. The molecule has 5 rings (SSSR count). The number of anilines is 1. The average molecular weight is 642 g/mol. The Kier molecular flexibility index (Phi) is 9.13. The van der Waals surface area contributed by atoms with Gasteiger partial charge in [-0.3, -0.25) is 9.69 Å². The van der Waals surface area contributed by atoms with Gasteiger partial charge in [-0.05, 0) is 102 Å². The van der Waals surface area contributed by atoms with Crippen LogP contribution in [0.4, 0.5) is 15.8 Å². The minimum absolute atomic E-state index is 0.169.